The molecule has 1 unspecified atom stereocenters. The van der Waals surface area contributed by atoms with Gasteiger partial charge < -0.3 is 4.90 Å². The number of nitrogens with zero attached hydrogens (tertiary/aromatic N) is 2. The van der Waals surface area contributed by atoms with E-state index in [4.69, 9.17) is 4.98 Å². The maximum Gasteiger partial charge on any atom is 0.254 e. The SMILES string of the molecule is O=C(c1cc(C2CNNC2)nc2ccccc12)N1CCCC(c2ccccc2)C1. The number of hydrogen-bond donors (Lipinski definition) is 2. The number of benzene rings is 2. The lowest BCUT2D eigenvalue weighted by atomic mass is 9.90. The van der Waals surface area contributed by atoms with Gasteiger partial charge in [0, 0.05) is 49.1 Å². The van der Waals surface area contributed by atoms with Crippen molar-refractivity contribution in [2.45, 2.75) is 24.7 Å². The molecular formula is C24H26N4O. The topological polar surface area (TPSA) is 57.3 Å². The van der Waals surface area contributed by atoms with Crippen molar-refractivity contribution in [3.8, 4) is 0 Å². The minimum atomic E-state index is 0.129. The molecule has 1 atom stereocenters. The molecule has 0 radical (unpaired) electrons. The van der Waals surface area contributed by atoms with Gasteiger partial charge in [-0.2, -0.15) is 0 Å². The number of rotatable bonds is 3. The van der Waals surface area contributed by atoms with Crippen LogP contribution < -0.4 is 10.9 Å². The van der Waals surface area contributed by atoms with Gasteiger partial charge in [-0.25, -0.2) is 0 Å². The van der Waals surface area contributed by atoms with Gasteiger partial charge in [0.15, 0.2) is 0 Å². The predicted molar refractivity (Wildman–Crippen MR) is 115 cm³/mol. The highest BCUT2D eigenvalue weighted by molar-refractivity contribution is 6.06. The number of amides is 1. The zero-order valence-corrected chi connectivity index (χ0v) is 16.5. The monoisotopic (exact) mass is 386 g/mol. The maximum atomic E-state index is 13.6. The second-order valence-electron chi connectivity index (χ2n) is 8.07. The number of hydrogen-bond acceptors (Lipinski definition) is 4. The van der Waals surface area contributed by atoms with E-state index in [1.807, 2.05) is 41.3 Å². The van der Waals surface area contributed by atoms with E-state index >= 15 is 0 Å². The van der Waals surface area contributed by atoms with Gasteiger partial charge in [-0.3, -0.25) is 20.6 Å². The van der Waals surface area contributed by atoms with E-state index in [9.17, 15) is 4.79 Å². The fourth-order valence-electron chi connectivity index (χ4n) is 4.58. The van der Waals surface area contributed by atoms with E-state index in [1.165, 1.54) is 5.56 Å². The molecule has 1 aromatic heterocycles. The smallest absolute Gasteiger partial charge is 0.254 e. The Balaban J connectivity index is 1.48. The number of likely N-dealkylation sites (tertiary alicyclic amines) is 1. The van der Waals surface area contributed by atoms with Crippen molar-refractivity contribution in [2.24, 2.45) is 0 Å². The fourth-order valence-corrected chi connectivity index (χ4v) is 4.58. The Morgan fingerprint density at radius 2 is 1.72 bits per heavy atom. The van der Waals surface area contributed by atoms with Crippen LogP contribution in [-0.2, 0) is 0 Å². The van der Waals surface area contributed by atoms with Crippen molar-refractivity contribution >= 4 is 16.8 Å². The van der Waals surface area contributed by atoms with E-state index in [-0.39, 0.29) is 11.8 Å². The summed E-state index contributed by atoms with van der Waals surface area (Å²) in [5, 5.41) is 0.946. The van der Waals surface area contributed by atoms with Crippen molar-refractivity contribution in [1.29, 1.82) is 0 Å². The molecule has 2 aromatic carbocycles. The number of piperidine rings is 1. The molecule has 5 heteroatoms. The number of hydrazine groups is 1. The van der Waals surface area contributed by atoms with Crippen LogP contribution in [0.15, 0.2) is 60.7 Å². The zero-order valence-electron chi connectivity index (χ0n) is 16.5. The lowest BCUT2D eigenvalue weighted by molar-refractivity contribution is 0.0709. The molecule has 5 rings (SSSR count). The highest BCUT2D eigenvalue weighted by Gasteiger charge is 2.28. The molecule has 0 bridgehead atoms. The first-order chi connectivity index (χ1) is 14.3. The number of para-hydroxylation sites is 1. The third-order valence-electron chi connectivity index (χ3n) is 6.19. The third kappa shape index (κ3) is 3.63. The van der Waals surface area contributed by atoms with Crippen LogP contribution in [0.5, 0.6) is 0 Å². The Kier molecular flexibility index (Phi) is 5.00. The van der Waals surface area contributed by atoms with Crippen LogP contribution in [0.25, 0.3) is 10.9 Å². The Hall–Kier alpha value is -2.76. The summed E-state index contributed by atoms with van der Waals surface area (Å²) in [5.74, 6) is 0.818. The summed E-state index contributed by atoms with van der Waals surface area (Å²) in [6.45, 7) is 3.26. The van der Waals surface area contributed by atoms with Crippen LogP contribution in [0, 0.1) is 0 Å². The largest absolute Gasteiger partial charge is 0.338 e. The normalized spacial score (nSPS) is 20.3. The molecule has 2 N–H and O–H groups in total. The Morgan fingerprint density at radius 1 is 0.966 bits per heavy atom. The van der Waals surface area contributed by atoms with Gasteiger partial charge in [0.25, 0.3) is 5.91 Å². The van der Waals surface area contributed by atoms with Crippen molar-refractivity contribution in [2.75, 3.05) is 26.2 Å². The van der Waals surface area contributed by atoms with Crippen LogP contribution in [-0.4, -0.2) is 42.0 Å². The van der Waals surface area contributed by atoms with Gasteiger partial charge in [0.1, 0.15) is 0 Å². The number of carbonyl (C=O) groups excluding carboxylic acids is 1. The molecule has 1 amide bonds. The van der Waals surface area contributed by atoms with Crippen LogP contribution in [0.3, 0.4) is 0 Å². The molecule has 3 heterocycles. The van der Waals surface area contributed by atoms with Gasteiger partial charge >= 0.3 is 0 Å². The van der Waals surface area contributed by atoms with Gasteiger partial charge in [0.2, 0.25) is 0 Å². The summed E-state index contributed by atoms with van der Waals surface area (Å²) in [4.78, 5) is 20.5. The molecule has 0 saturated carbocycles. The Morgan fingerprint density at radius 3 is 2.55 bits per heavy atom. The molecular weight excluding hydrogens is 360 g/mol. The van der Waals surface area contributed by atoms with Gasteiger partial charge in [-0.15, -0.1) is 0 Å². The minimum Gasteiger partial charge on any atom is -0.338 e. The Bertz CT molecular complexity index is 1010. The van der Waals surface area contributed by atoms with Crippen LogP contribution in [0.2, 0.25) is 0 Å². The third-order valence-corrected chi connectivity index (χ3v) is 6.19. The minimum absolute atomic E-state index is 0.129. The molecule has 29 heavy (non-hydrogen) atoms. The number of pyridine rings is 1. The molecule has 2 saturated heterocycles. The van der Waals surface area contributed by atoms with Crippen molar-refractivity contribution in [3.63, 3.8) is 0 Å². The lowest BCUT2D eigenvalue weighted by Crippen LogP contribution is -2.39. The first-order valence-electron chi connectivity index (χ1n) is 10.5. The zero-order chi connectivity index (χ0) is 19.6. The van der Waals surface area contributed by atoms with Crippen LogP contribution in [0.1, 0.15) is 46.3 Å². The van der Waals surface area contributed by atoms with Crippen molar-refractivity contribution < 1.29 is 4.79 Å². The molecule has 148 valence electrons. The van der Waals surface area contributed by atoms with Gasteiger partial charge in [0.05, 0.1) is 11.1 Å². The molecule has 3 aromatic rings. The summed E-state index contributed by atoms with van der Waals surface area (Å²) < 4.78 is 0. The first-order valence-corrected chi connectivity index (χ1v) is 10.5. The fraction of sp³-hybridized carbons (Fsp3) is 0.333. The second kappa shape index (κ2) is 7.93. The van der Waals surface area contributed by atoms with E-state index < -0.39 is 0 Å². The average molecular weight is 386 g/mol. The predicted octanol–water partition coefficient (Wildman–Crippen LogP) is 3.45. The van der Waals surface area contributed by atoms with Crippen LogP contribution in [0.4, 0.5) is 0 Å². The van der Waals surface area contributed by atoms with Gasteiger partial charge in [-0.1, -0.05) is 48.5 Å². The highest BCUT2D eigenvalue weighted by Crippen LogP contribution is 2.30. The highest BCUT2D eigenvalue weighted by atomic mass is 16.2. The number of aromatic nitrogens is 1. The quantitative estimate of drug-likeness (QED) is 0.724. The van der Waals surface area contributed by atoms with E-state index in [2.05, 4.69) is 35.1 Å². The molecule has 5 nitrogen and oxygen atoms in total. The summed E-state index contributed by atoms with van der Waals surface area (Å²) >= 11 is 0. The van der Waals surface area contributed by atoms with E-state index in [0.717, 1.165) is 61.2 Å². The maximum absolute atomic E-state index is 13.6. The van der Waals surface area contributed by atoms with Gasteiger partial charge in [-0.05, 0) is 30.5 Å². The van der Waals surface area contributed by atoms with Crippen LogP contribution >= 0.6 is 0 Å². The number of carbonyl (C=O) groups is 1. The van der Waals surface area contributed by atoms with E-state index in [1.54, 1.807) is 0 Å². The Labute approximate surface area is 171 Å². The average Bonchev–Trinajstić information content (AvgIpc) is 3.34. The molecule has 2 aliphatic heterocycles. The summed E-state index contributed by atoms with van der Waals surface area (Å²) in [7, 11) is 0. The molecule has 0 aliphatic carbocycles. The van der Waals surface area contributed by atoms with Crippen molar-refractivity contribution in [3.05, 3.63) is 77.5 Å². The first kappa shape index (κ1) is 18.3. The number of fused-ring (bicyclic) bond motifs is 1. The summed E-state index contributed by atoms with van der Waals surface area (Å²) in [6, 6.07) is 20.6. The number of nitrogens with one attached hydrogen (secondary N) is 2. The molecule has 0 spiro atoms. The molecule has 2 aliphatic rings. The summed E-state index contributed by atoms with van der Waals surface area (Å²) in [5.41, 5.74) is 10.3. The standard InChI is InChI=1S/C24H26N4O/c29-24(28-12-6-9-18(16-28)17-7-2-1-3-8-17)21-13-23(19-14-25-26-15-19)27-22-11-5-4-10-20(21)22/h1-5,7-8,10-11,13,18-19,25-26H,6,9,12,14-16H2. The lowest BCUT2D eigenvalue weighted by Gasteiger charge is -2.33. The molecule has 2 fully saturated rings. The second-order valence-corrected chi connectivity index (χ2v) is 8.07. The van der Waals surface area contributed by atoms with Crippen molar-refractivity contribution in [1.82, 2.24) is 20.7 Å². The summed E-state index contributed by atoms with van der Waals surface area (Å²) in [6.07, 6.45) is 2.17. The van der Waals surface area contributed by atoms with E-state index in [0.29, 0.717) is 5.92 Å².